The van der Waals surface area contributed by atoms with E-state index in [-0.39, 0.29) is 17.1 Å². The maximum atomic E-state index is 12.6. The van der Waals surface area contributed by atoms with Crippen molar-refractivity contribution in [3.8, 4) is 17.2 Å². The summed E-state index contributed by atoms with van der Waals surface area (Å²) in [4.78, 5) is 32.2. The van der Waals surface area contributed by atoms with E-state index < -0.39 is 0 Å². The Balaban J connectivity index is 1.73. The number of aryl methyl sites for hydroxylation is 1. The molecule has 27 heavy (non-hydrogen) atoms. The molecule has 2 N–H and O–H groups in total. The third-order valence-corrected chi connectivity index (χ3v) is 4.45. The third-order valence-electron chi connectivity index (χ3n) is 4.45. The fraction of sp³-hybridized carbons (Fsp3) is 0.0952. The number of nitrogens with zero attached hydrogens (tertiary/aromatic N) is 2. The summed E-state index contributed by atoms with van der Waals surface area (Å²) < 4.78 is 1.25. The van der Waals surface area contributed by atoms with Crippen LogP contribution in [-0.2, 0) is 6.42 Å². The molecule has 0 fully saturated rings. The molecular weight excluding hydrogens is 340 g/mol. The highest BCUT2D eigenvalue weighted by Crippen LogP contribution is 2.15. The van der Waals surface area contributed by atoms with Gasteiger partial charge >= 0.3 is 0 Å². The van der Waals surface area contributed by atoms with E-state index in [0.29, 0.717) is 23.4 Å². The number of nitrogens with one attached hydrogen (secondary N) is 2. The molecule has 0 bridgehead atoms. The maximum absolute atomic E-state index is 12.6. The Morgan fingerprint density at radius 1 is 0.963 bits per heavy atom. The van der Waals surface area contributed by atoms with Gasteiger partial charge in [0.1, 0.15) is 0 Å². The molecule has 0 saturated heterocycles. The molecule has 4 rings (SSSR count). The highest BCUT2D eigenvalue weighted by Gasteiger charge is 2.13. The zero-order valence-corrected chi connectivity index (χ0v) is 14.8. The van der Waals surface area contributed by atoms with Gasteiger partial charge in [-0.3, -0.25) is 19.7 Å². The van der Waals surface area contributed by atoms with Gasteiger partial charge in [0.2, 0.25) is 5.95 Å². The van der Waals surface area contributed by atoms with Crippen molar-refractivity contribution in [2.24, 2.45) is 0 Å². The predicted molar refractivity (Wildman–Crippen MR) is 104 cm³/mol. The fourth-order valence-electron chi connectivity index (χ4n) is 3.03. The molecule has 0 atom stereocenters. The van der Waals surface area contributed by atoms with Gasteiger partial charge < -0.3 is 0 Å². The van der Waals surface area contributed by atoms with Crippen LogP contribution in [0.3, 0.4) is 0 Å². The van der Waals surface area contributed by atoms with Gasteiger partial charge in [-0.05, 0) is 18.1 Å². The highest BCUT2D eigenvalue weighted by molar-refractivity contribution is 5.58. The average Bonchev–Trinajstić information content (AvgIpc) is 3.08. The molecule has 0 aliphatic carbocycles. The molecule has 0 radical (unpaired) electrons. The Morgan fingerprint density at radius 3 is 2.30 bits per heavy atom. The number of benzene rings is 2. The number of aromatic nitrogens is 4. The number of hydrogen-bond donors (Lipinski definition) is 2. The van der Waals surface area contributed by atoms with Crippen molar-refractivity contribution < 1.29 is 0 Å². The van der Waals surface area contributed by atoms with Gasteiger partial charge in [-0.2, -0.15) is 4.68 Å². The smallest absolute Gasteiger partial charge is 0.274 e. The highest BCUT2D eigenvalue weighted by atomic mass is 16.1. The van der Waals surface area contributed by atoms with Crippen molar-refractivity contribution in [1.29, 1.82) is 0 Å². The summed E-state index contributed by atoms with van der Waals surface area (Å²) in [5.74, 6) is 0.182. The van der Waals surface area contributed by atoms with E-state index in [1.54, 1.807) is 6.92 Å². The second-order valence-corrected chi connectivity index (χ2v) is 6.33. The van der Waals surface area contributed by atoms with Gasteiger partial charge in [-0.1, -0.05) is 60.7 Å². The van der Waals surface area contributed by atoms with Crippen molar-refractivity contribution in [3.05, 3.63) is 104 Å². The lowest BCUT2D eigenvalue weighted by Gasteiger charge is -2.07. The van der Waals surface area contributed by atoms with Gasteiger partial charge in [0.25, 0.3) is 11.1 Å². The van der Waals surface area contributed by atoms with Crippen LogP contribution in [0.15, 0.2) is 76.3 Å². The van der Waals surface area contributed by atoms with Crippen molar-refractivity contribution in [2.75, 3.05) is 0 Å². The van der Waals surface area contributed by atoms with Crippen LogP contribution in [0.5, 0.6) is 0 Å². The Kier molecular flexibility index (Phi) is 4.30. The summed E-state index contributed by atoms with van der Waals surface area (Å²) in [6.07, 6.45) is 0.490. The lowest BCUT2D eigenvalue weighted by atomic mass is 10.1. The van der Waals surface area contributed by atoms with Crippen LogP contribution in [-0.4, -0.2) is 19.7 Å². The third kappa shape index (κ3) is 3.37. The van der Waals surface area contributed by atoms with Crippen LogP contribution < -0.4 is 11.1 Å². The van der Waals surface area contributed by atoms with Crippen LogP contribution in [0.1, 0.15) is 16.8 Å². The molecule has 6 heteroatoms. The van der Waals surface area contributed by atoms with Gasteiger partial charge in [-0.25, -0.2) is 4.98 Å². The summed E-state index contributed by atoms with van der Waals surface area (Å²) in [6.45, 7) is 1.78. The first-order chi connectivity index (χ1) is 13.1. The first kappa shape index (κ1) is 16.8. The molecular formula is C21H18N4O2. The van der Waals surface area contributed by atoms with Crippen LogP contribution in [0, 0.1) is 6.92 Å². The summed E-state index contributed by atoms with van der Waals surface area (Å²) in [7, 11) is 0. The SMILES string of the molecule is Cc1nc(-n2[nH]c(-c3ccccc3)cc2=O)[nH]c(=O)c1Cc1ccccc1. The first-order valence-electron chi connectivity index (χ1n) is 8.63. The topological polar surface area (TPSA) is 83.5 Å². The molecule has 0 saturated carbocycles. The minimum atomic E-state index is -0.285. The van der Waals surface area contributed by atoms with Crippen molar-refractivity contribution in [1.82, 2.24) is 19.7 Å². The summed E-state index contributed by atoms with van der Waals surface area (Å²) in [6, 6.07) is 20.7. The first-order valence-corrected chi connectivity index (χ1v) is 8.63. The minimum absolute atomic E-state index is 0.182. The molecule has 2 aromatic heterocycles. The average molecular weight is 358 g/mol. The summed E-state index contributed by atoms with van der Waals surface area (Å²) >= 11 is 0. The molecule has 2 aromatic carbocycles. The second-order valence-electron chi connectivity index (χ2n) is 6.33. The molecule has 0 unspecified atom stereocenters. The second kappa shape index (κ2) is 6.92. The maximum Gasteiger partial charge on any atom is 0.274 e. The largest absolute Gasteiger partial charge is 0.291 e. The lowest BCUT2D eigenvalue weighted by Crippen LogP contribution is -2.24. The van der Waals surface area contributed by atoms with Gasteiger partial charge in [0, 0.05) is 18.1 Å². The van der Waals surface area contributed by atoms with Gasteiger partial charge in [0.05, 0.1) is 11.4 Å². The molecule has 6 nitrogen and oxygen atoms in total. The molecule has 0 amide bonds. The number of aromatic amines is 2. The van der Waals surface area contributed by atoms with Gasteiger partial charge in [0.15, 0.2) is 0 Å². The van der Waals surface area contributed by atoms with Crippen molar-refractivity contribution >= 4 is 0 Å². The minimum Gasteiger partial charge on any atom is -0.291 e. The molecule has 4 aromatic rings. The number of hydrogen-bond acceptors (Lipinski definition) is 3. The standard InChI is InChI=1S/C21H18N4O2/c1-14-17(12-15-8-4-2-5-9-15)20(27)23-21(22-14)25-19(26)13-18(24-25)16-10-6-3-7-11-16/h2-11,13,24H,12H2,1H3,(H,22,23,27). The predicted octanol–water partition coefficient (Wildman–Crippen LogP) is 2.82. The molecule has 134 valence electrons. The van der Waals surface area contributed by atoms with Gasteiger partial charge in [-0.15, -0.1) is 0 Å². The van der Waals surface area contributed by atoms with E-state index in [0.717, 1.165) is 11.1 Å². The summed E-state index contributed by atoms with van der Waals surface area (Å²) in [5.41, 5.74) is 3.23. The zero-order chi connectivity index (χ0) is 18.8. The van der Waals surface area contributed by atoms with Crippen LogP contribution >= 0.6 is 0 Å². The number of rotatable bonds is 4. The van der Waals surface area contributed by atoms with Crippen LogP contribution in [0.4, 0.5) is 0 Å². The van der Waals surface area contributed by atoms with E-state index in [2.05, 4.69) is 15.1 Å². The molecule has 0 aliphatic rings. The zero-order valence-electron chi connectivity index (χ0n) is 14.8. The van der Waals surface area contributed by atoms with E-state index in [1.165, 1.54) is 10.7 Å². The molecule has 0 spiro atoms. The molecule has 0 aliphatic heterocycles. The number of H-pyrrole nitrogens is 2. The van der Waals surface area contributed by atoms with Crippen LogP contribution in [0.2, 0.25) is 0 Å². The van der Waals surface area contributed by atoms with E-state index in [9.17, 15) is 9.59 Å². The van der Waals surface area contributed by atoms with E-state index in [4.69, 9.17) is 0 Å². The lowest BCUT2D eigenvalue weighted by molar-refractivity contribution is 0.766. The summed E-state index contributed by atoms with van der Waals surface area (Å²) in [5, 5.41) is 3.01. The fourth-order valence-corrected chi connectivity index (χ4v) is 3.03. The molecule has 2 heterocycles. The Bertz CT molecular complexity index is 1190. The van der Waals surface area contributed by atoms with E-state index >= 15 is 0 Å². The Labute approximate surface area is 155 Å². The Hall–Kier alpha value is -3.67. The normalized spacial score (nSPS) is 10.9. The Morgan fingerprint density at radius 2 is 1.63 bits per heavy atom. The quantitative estimate of drug-likeness (QED) is 0.588. The van der Waals surface area contributed by atoms with Crippen molar-refractivity contribution in [2.45, 2.75) is 13.3 Å². The van der Waals surface area contributed by atoms with Crippen LogP contribution in [0.25, 0.3) is 17.2 Å². The van der Waals surface area contributed by atoms with Crippen molar-refractivity contribution in [3.63, 3.8) is 0 Å². The van der Waals surface area contributed by atoms with E-state index in [1.807, 2.05) is 60.7 Å². The monoisotopic (exact) mass is 358 g/mol.